The average Bonchev–Trinajstić information content (AvgIpc) is 3.17. The van der Waals surface area contributed by atoms with Crippen LogP contribution in [0.3, 0.4) is 0 Å². The first-order valence-electron chi connectivity index (χ1n) is 6.93. The van der Waals surface area contributed by atoms with E-state index in [1.165, 1.54) is 30.6 Å². The number of amides is 1. The van der Waals surface area contributed by atoms with Crippen molar-refractivity contribution in [3.05, 3.63) is 28.2 Å². The highest BCUT2D eigenvalue weighted by Gasteiger charge is 2.20. The van der Waals surface area contributed by atoms with Crippen LogP contribution in [0.2, 0.25) is 0 Å². The van der Waals surface area contributed by atoms with Gasteiger partial charge in [0.25, 0.3) is 5.91 Å². The van der Waals surface area contributed by atoms with Crippen LogP contribution in [0.1, 0.15) is 53.6 Å². The summed E-state index contributed by atoms with van der Waals surface area (Å²) in [6.45, 7) is 0.375. The second kappa shape index (κ2) is 6.13. The highest BCUT2D eigenvalue weighted by Crippen LogP contribution is 2.27. The lowest BCUT2D eigenvalue weighted by molar-refractivity contribution is 0.0953. The van der Waals surface area contributed by atoms with Crippen LogP contribution in [0.25, 0.3) is 0 Å². The first-order chi connectivity index (χ1) is 9.84. The summed E-state index contributed by atoms with van der Waals surface area (Å²) in [6.07, 6.45) is 5.99. The molecular weight excluding hydrogens is 274 g/mol. The normalized spacial score (nSPS) is 16.2. The smallest absolute Gasteiger partial charge is 0.261 e. The quantitative estimate of drug-likeness (QED) is 0.937. The van der Waals surface area contributed by atoms with Crippen molar-refractivity contribution in [1.82, 2.24) is 25.5 Å². The predicted octanol–water partition coefficient (Wildman–Crippen LogP) is 2.17. The van der Waals surface area contributed by atoms with Crippen molar-refractivity contribution in [2.75, 3.05) is 0 Å². The molecule has 1 fully saturated rings. The van der Waals surface area contributed by atoms with Crippen LogP contribution in [0.5, 0.6) is 0 Å². The molecule has 2 aromatic heterocycles. The molecule has 1 saturated carbocycles. The van der Waals surface area contributed by atoms with E-state index in [2.05, 4.69) is 20.8 Å². The molecule has 6 nitrogen and oxygen atoms in total. The number of thiophene rings is 1. The van der Waals surface area contributed by atoms with Crippen molar-refractivity contribution in [2.45, 2.75) is 44.7 Å². The van der Waals surface area contributed by atoms with Crippen LogP contribution < -0.4 is 5.32 Å². The van der Waals surface area contributed by atoms with Gasteiger partial charge in [-0.1, -0.05) is 25.3 Å². The van der Waals surface area contributed by atoms with Gasteiger partial charge in [0.05, 0.1) is 17.5 Å². The third-order valence-corrected chi connectivity index (χ3v) is 4.50. The number of carbonyl (C=O) groups excluding carboxylic acids is 1. The van der Waals surface area contributed by atoms with Gasteiger partial charge in [-0.15, -0.1) is 16.4 Å². The van der Waals surface area contributed by atoms with Crippen molar-refractivity contribution < 1.29 is 4.79 Å². The number of nitrogens with zero attached hydrogens (tertiary/aromatic N) is 4. The number of carbonyl (C=O) groups is 1. The van der Waals surface area contributed by atoms with E-state index >= 15 is 0 Å². The van der Waals surface area contributed by atoms with Gasteiger partial charge >= 0.3 is 0 Å². The Balaban J connectivity index is 1.63. The van der Waals surface area contributed by atoms with E-state index in [9.17, 15) is 4.79 Å². The van der Waals surface area contributed by atoms with E-state index in [-0.39, 0.29) is 5.91 Å². The molecule has 0 aliphatic heterocycles. The number of hydrogen-bond donors (Lipinski definition) is 1. The fourth-order valence-electron chi connectivity index (χ4n) is 2.59. The van der Waals surface area contributed by atoms with E-state index in [4.69, 9.17) is 0 Å². The summed E-state index contributed by atoms with van der Waals surface area (Å²) < 4.78 is 1.88. The molecule has 1 aliphatic carbocycles. The molecule has 2 aromatic rings. The minimum Gasteiger partial charge on any atom is -0.344 e. The number of tetrazole rings is 1. The SMILES string of the molecule is O=C(NCc1nnnn1C1CCCCC1)c1cccs1. The Morgan fingerprint density at radius 3 is 3.00 bits per heavy atom. The van der Waals surface area contributed by atoms with Crippen LogP contribution in [0, 0.1) is 0 Å². The molecule has 1 N–H and O–H groups in total. The number of hydrogen-bond acceptors (Lipinski definition) is 5. The average molecular weight is 291 g/mol. The molecule has 1 aliphatic rings. The zero-order chi connectivity index (χ0) is 13.8. The molecule has 1 amide bonds. The van der Waals surface area contributed by atoms with Gasteiger partial charge < -0.3 is 5.32 Å². The predicted molar refractivity (Wildman–Crippen MR) is 75.4 cm³/mol. The Morgan fingerprint density at radius 2 is 2.25 bits per heavy atom. The van der Waals surface area contributed by atoms with Crippen molar-refractivity contribution in [2.24, 2.45) is 0 Å². The highest BCUT2D eigenvalue weighted by molar-refractivity contribution is 7.12. The van der Waals surface area contributed by atoms with Gasteiger partial charge in [-0.25, -0.2) is 4.68 Å². The Hall–Kier alpha value is -1.76. The van der Waals surface area contributed by atoms with Crippen LogP contribution in [-0.2, 0) is 6.54 Å². The fourth-order valence-corrected chi connectivity index (χ4v) is 3.23. The lowest BCUT2D eigenvalue weighted by atomic mass is 9.95. The van der Waals surface area contributed by atoms with Gasteiger partial charge in [-0.2, -0.15) is 0 Å². The summed E-state index contributed by atoms with van der Waals surface area (Å²) in [6, 6.07) is 4.06. The Morgan fingerprint density at radius 1 is 1.40 bits per heavy atom. The lowest BCUT2D eigenvalue weighted by Crippen LogP contribution is -2.26. The summed E-state index contributed by atoms with van der Waals surface area (Å²) in [4.78, 5) is 12.6. The maximum Gasteiger partial charge on any atom is 0.261 e. The van der Waals surface area contributed by atoms with Gasteiger partial charge in [-0.3, -0.25) is 4.79 Å². The number of nitrogens with one attached hydrogen (secondary N) is 1. The first-order valence-corrected chi connectivity index (χ1v) is 7.81. The molecule has 0 aromatic carbocycles. The zero-order valence-electron chi connectivity index (χ0n) is 11.2. The Kier molecular flexibility index (Phi) is 4.05. The fraction of sp³-hybridized carbons (Fsp3) is 0.538. The maximum absolute atomic E-state index is 11.9. The number of rotatable bonds is 4. The van der Waals surface area contributed by atoms with Crippen LogP contribution in [0.4, 0.5) is 0 Å². The summed E-state index contributed by atoms with van der Waals surface area (Å²) >= 11 is 1.43. The van der Waals surface area contributed by atoms with Crippen molar-refractivity contribution in [3.63, 3.8) is 0 Å². The van der Waals surface area contributed by atoms with E-state index < -0.39 is 0 Å². The molecule has 0 atom stereocenters. The number of aromatic nitrogens is 4. The topological polar surface area (TPSA) is 72.7 Å². The van der Waals surface area contributed by atoms with Crippen molar-refractivity contribution in [1.29, 1.82) is 0 Å². The molecule has 0 bridgehead atoms. The molecule has 106 valence electrons. The summed E-state index contributed by atoms with van der Waals surface area (Å²) in [5.41, 5.74) is 0. The summed E-state index contributed by atoms with van der Waals surface area (Å²) in [7, 11) is 0. The molecular formula is C13H17N5OS. The lowest BCUT2D eigenvalue weighted by Gasteiger charge is -2.22. The van der Waals surface area contributed by atoms with Crippen molar-refractivity contribution in [3.8, 4) is 0 Å². The van der Waals surface area contributed by atoms with Crippen LogP contribution >= 0.6 is 11.3 Å². The monoisotopic (exact) mass is 291 g/mol. The molecule has 0 radical (unpaired) electrons. The molecule has 0 unspecified atom stereocenters. The second-order valence-corrected chi connectivity index (χ2v) is 5.94. The van der Waals surface area contributed by atoms with E-state index in [0.29, 0.717) is 17.5 Å². The van der Waals surface area contributed by atoms with Gasteiger partial charge in [0.2, 0.25) is 0 Å². The molecule has 20 heavy (non-hydrogen) atoms. The van der Waals surface area contributed by atoms with Gasteiger partial charge in [-0.05, 0) is 34.7 Å². The minimum absolute atomic E-state index is 0.0711. The summed E-state index contributed by atoms with van der Waals surface area (Å²) in [5.74, 6) is 0.667. The van der Waals surface area contributed by atoms with E-state index in [1.54, 1.807) is 0 Å². The second-order valence-electron chi connectivity index (χ2n) is 4.99. The Labute approximate surface area is 121 Å². The van der Waals surface area contributed by atoms with Crippen molar-refractivity contribution >= 4 is 17.2 Å². The minimum atomic E-state index is -0.0711. The first kappa shape index (κ1) is 13.2. The molecule has 3 rings (SSSR count). The highest BCUT2D eigenvalue weighted by atomic mass is 32.1. The van der Waals surface area contributed by atoms with Gasteiger partial charge in [0.15, 0.2) is 5.82 Å². The standard InChI is InChI=1S/C13H17N5OS/c19-13(11-7-4-8-20-11)14-9-12-15-16-17-18(12)10-5-2-1-3-6-10/h4,7-8,10H,1-3,5-6,9H2,(H,14,19). The molecule has 0 spiro atoms. The third kappa shape index (κ3) is 2.87. The summed E-state index contributed by atoms with van der Waals surface area (Å²) in [5, 5.41) is 16.6. The molecule has 7 heteroatoms. The molecule has 2 heterocycles. The van der Waals surface area contributed by atoms with Crippen LogP contribution in [0.15, 0.2) is 17.5 Å². The largest absolute Gasteiger partial charge is 0.344 e. The van der Waals surface area contributed by atoms with Crippen LogP contribution in [-0.4, -0.2) is 26.1 Å². The van der Waals surface area contributed by atoms with Gasteiger partial charge in [0.1, 0.15) is 0 Å². The zero-order valence-corrected chi connectivity index (χ0v) is 12.0. The molecule has 0 saturated heterocycles. The third-order valence-electron chi connectivity index (χ3n) is 3.63. The maximum atomic E-state index is 11.9. The van der Waals surface area contributed by atoms with E-state index in [1.807, 2.05) is 22.2 Å². The Bertz CT molecular complexity index is 559. The van der Waals surface area contributed by atoms with Gasteiger partial charge in [0, 0.05) is 0 Å². The van der Waals surface area contributed by atoms with E-state index in [0.717, 1.165) is 18.7 Å².